The Labute approximate surface area is 190 Å². The van der Waals surface area contributed by atoms with Gasteiger partial charge in [-0.15, -0.1) is 0 Å². The minimum Gasteiger partial charge on any atom is -0.475 e. The van der Waals surface area contributed by atoms with Crippen molar-refractivity contribution < 1.29 is 32.7 Å². The van der Waals surface area contributed by atoms with Gasteiger partial charge in [0.15, 0.2) is 0 Å². The van der Waals surface area contributed by atoms with Crippen LogP contribution in [0.5, 0.6) is 0 Å². The zero-order valence-corrected chi connectivity index (χ0v) is 17.5. The Morgan fingerprint density at radius 1 is 1.03 bits per heavy atom. The number of alkyl halides is 3. The van der Waals surface area contributed by atoms with Crippen LogP contribution in [0.25, 0.3) is 22.5 Å². The summed E-state index contributed by atoms with van der Waals surface area (Å²) < 4.78 is 35.4. The summed E-state index contributed by atoms with van der Waals surface area (Å²) in [5, 5.41) is 12.9. The zero-order valence-electron chi connectivity index (χ0n) is 17.5. The second-order valence-corrected chi connectivity index (χ2v) is 7.17. The Bertz CT molecular complexity index is 1310. The van der Waals surface area contributed by atoms with E-state index < -0.39 is 12.1 Å². The van der Waals surface area contributed by atoms with Gasteiger partial charge in [0.1, 0.15) is 11.5 Å². The monoisotopic (exact) mass is 473 g/mol. The molecule has 34 heavy (non-hydrogen) atoms. The smallest absolute Gasteiger partial charge is 0.475 e. The van der Waals surface area contributed by atoms with Crippen LogP contribution in [0.4, 0.5) is 13.2 Å². The highest BCUT2D eigenvalue weighted by molar-refractivity contribution is 5.92. The summed E-state index contributed by atoms with van der Waals surface area (Å²) in [6, 6.07) is 13.7. The lowest BCUT2D eigenvalue weighted by molar-refractivity contribution is -0.192. The molecule has 9 nitrogen and oxygen atoms in total. The Hall–Kier alpha value is -4.19. The van der Waals surface area contributed by atoms with E-state index in [9.17, 15) is 18.0 Å². The SMILES string of the molecule is O=C(O)C(F)(F)F.O=C(c1ccnn1-c1ccc2ccc(-c3cccnc3)cn12)N1CCCO1. The minimum atomic E-state index is -5.08. The molecule has 1 N–H and O–H groups in total. The average Bonchev–Trinajstić information content (AvgIpc) is 3.59. The number of carbonyl (C=O) groups is 2. The maximum Gasteiger partial charge on any atom is 0.490 e. The number of rotatable bonds is 3. The van der Waals surface area contributed by atoms with E-state index in [1.807, 2.05) is 47.1 Å². The zero-order chi connectivity index (χ0) is 24.3. The van der Waals surface area contributed by atoms with Crippen LogP contribution in [0.3, 0.4) is 0 Å². The summed E-state index contributed by atoms with van der Waals surface area (Å²) in [7, 11) is 0. The van der Waals surface area contributed by atoms with Crippen molar-refractivity contribution in [2.24, 2.45) is 0 Å². The highest BCUT2D eigenvalue weighted by Crippen LogP contribution is 2.23. The number of aliphatic carboxylic acids is 1. The van der Waals surface area contributed by atoms with E-state index in [1.165, 1.54) is 5.06 Å². The molecular formula is C22H18F3N5O4. The summed E-state index contributed by atoms with van der Waals surface area (Å²) in [6.45, 7) is 1.17. The first kappa shape index (κ1) is 23.0. The summed E-state index contributed by atoms with van der Waals surface area (Å²) >= 11 is 0. The molecule has 1 fully saturated rings. The Morgan fingerprint density at radius 2 is 1.79 bits per heavy atom. The number of hydroxylamine groups is 2. The van der Waals surface area contributed by atoms with Gasteiger partial charge in [-0.3, -0.25) is 14.6 Å². The van der Waals surface area contributed by atoms with E-state index in [-0.39, 0.29) is 5.91 Å². The summed E-state index contributed by atoms with van der Waals surface area (Å²) in [4.78, 5) is 31.3. The van der Waals surface area contributed by atoms with Crippen LogP contribution in [-0.4, -0.2) is 60.5 Å². The summed E-state index contributed by atoms with van der Waals surface area (Å²) in [6.07, 6.45) is 3.02. The number of hydrogen-bond donors (Lipinski definition) is 1. The van der Waals surface area contributed by atoms with E-state index in [4.69, 9.17) is 14.7 Å². The molecule has 0 atom stereocenters. The molecule has 0 bridgehead atoms. The topological polar surface area (TPSA) is 102 Å². The molecule has 4 aromatic heterocycles. The number of nitrogens with zero attached hydrogens (tertiary/aromatic N) is 5. The number of aromatic nitrogens is 4. The first-order chi connectivity index (χ1) is 16.3. The number of amides is 1. The molecule has 0 unspecified atom stereocenters. The van der Waals surface area contributed by atoms with Crippen molar-refractivity contribution in [2.45, 2.75) is 12.6 Å². The second-order valence-electron chi connectivity index (χ2n) is 7.17. The molecule has 5 rings (SSSR count). The standard InChI is InChI=1S/C20H17N5O2.C2HF3O2/c26-20(24-11-2-12-27-24)18-8-10-22-25(18)19-7-6-17-5-4-16(14-23(17)19)15-3-1-9-21-13-15;3-2(4,5)1(6)7/h1,3-10,13-14H,2,11-12H2;(H,6,7). The van der Waals surface area contributed by atoms with Gasteiger partial charge in [-0.05, 0) is 42.3 Å². The third-order valence-corrected chi connectivity index (χ3v) is 4.93. The van der Waals surface area contributed by atoms with E-state index >= 15 is 0 Å². The predicted octanol–water partition coefficient (Wildman–Crippen LogP) is 3.60. The van der Waals surface area contributed by atoms with Crippen molar-refractivity contribution >= 4 is 17.4 Å². The molecule has 5 heterocycles. The molecular weight excluding hydrogens is 455 g/mol. The molecule has 0 aromatic carbocycles. The fraction of sp³-hybridized carbons (Fsp3) is 0.182. The van der Waals surface area contributed by atoms with E-state index in [2.05, 4.69) is 16.1 Å². The number of carboxylic acid groups (broad SMARTS) is 1. The normalized spacial score (nSPS) is 13.6. The number of halogens is 3. The van der Waals surface area contributed by atoms with Crippen molar-refractivity contribution in [3.63, 3.8) is 0 Å². The van der Waals surface area contributed by atoms with Crippen LogP contribution in [0, 0.1) is 0 Å². The Morgan fingerprint density at radius 3 is 2.44 bits per heavy atom. The minimum absolute atomic E-state index is 0.177. The molecule has 0 saturated carbocycles. The van der Waals surface area contributed by atoms with Crippen molar-refractivity contribution in [1.82, 2.24) is 24.2 Å². The number of hydrogen-bond acceptors (Lipinski definition) is 5. The largest absolute Gasteiger partial charge is 0.490 e. The first-order valence-electron chi connectivity index (χ1n) is 10.1. The van der Waals surface area contributed by atoms with E-state index in [0.29, 0.717) is 18.8 Å². The van der Waals surface area contributed by atoms with Gasteiger partial charge >= 0.3 is 12.1 Å². The van der Waals surface area contributed by atoms with E-state index in [1.54, 1.807) is 23.1 Å². The van der Waals surface area contributed by atoms with Crippen LogP contribution >= 0.6 is 0 Å². The maximum absolute atomic E-state index is 12.8. The van der Waals surface area contributed by atoms with Gasteiger partial charge in [-0.1, -0.05) is 12.1 Å². The number of pyridine rings is 2. The van der Waals surface area contributed by atoms with Crippen LogP contribution in [-0.2, 0) is 9.63 Å². The van der Waals surface area contributed by atoms with Crippen molar-refractivity contribution in [3.05, 3.63) is 72.9 Å². The van der Waals surface area contributed by atoms with Gasteiger partial charge in [0.25, 0.3) is 5.91 Å². The van der Waals surface area contributed by atoms with E-state index in [0.717, 1.165) is 28.9 Å². The number of carboxylic acids is 1. The quantitative estimate of drug-likeness (QED) is 0.488. The fourth-order valence-electron chi connectivity index (χ4n) is 3.35. The molecule has 0 aliphatic carbocycles. The van der Waals surface area contributed by atoms with Gasteiger partial charge in [0.2, 0.25) is 0 Å². The average molecular weight is 473 g/mol. The third-order valence-electron chi connectivity index (χ3n) is 4.93. The van der Waals surface area contributed by atoms with Crippen LogP contribution in [0.15, 0.2) is 67.3 Å². The maximum atomic E-state index is 12.8. The molecule has 0 radical (unpaired) electrons. The Kier molecular flexibility index (Phi) is 6.32. The van der Waals surface area contributed by atoms with Gasteiger partial charge < -0.3 is 9.51 Å². The molecule has 12 heteroatoms. The number of carbonyl (C=O) groups excluding carboxylic acids is 1. The summed E-state index contributed by atoms with van der Waals surface area (Å²) in [5.41, 5.74) is 3.56. The fourth-order valence-corrected chi connectivity index (χ4v) is 3.35. The van der Waals surface area contributed by atoms with Gasteiger partial charge in [0.05, 0.1) is 19.3 Å². The summed E-state index contributed by atoms with van der Waals surface area (Å²) in [5.74, 6) is -2.14. The predicted molar refractivity (Wildman–Crippen MR) is 113 cm³/mol. The third kappa shape index (κ3) is 4.76. The molecule has 1 aliphatic rings. The first-order valence-corrected chi connectivity index (χ1v) is 10.1. The van der Waals surface area contributed by atoms with Gasteiger partial charge in [-0.25, -0.2) is 14.5 Å². The lowest BCUT2D eigenvalue weighted by Gasteiger charge is -2.15. The lowest BCUT2D eigenvalue weighted by atomic mass is 10.1. The molecule has 4 aromatic rings. The highest BCUT2D eigenvalue weighted by atomic mass is 19.4. The second kappa shape index (κ2) is 9.35. The van der Waals surface area contributed by atoms with Crippen molar-refractivity contribution in [1.29, 1.82) is 0 Å². The number of fused-ring (bicyclic) bond motifs is 1. The molecule has 1 saturated heterocycles. The van der Waals surface area contributed by atoms with Crippen molar-refractivity contribution in [2.75, 3.05) is 13.2 Å². The molecule has 176 valence electrons. The Balaban J connectivity index is 0.000000344. The van der Waals surface area contributed by atoms with Gasteiger partial charge in [0, 0.05) is 29.7 Å². The van der Waals surface area contributed by atoms with Crippen LogP contribution in [0.1, 0.15) is 16.9 Å². The lowest BCUT2D eigenvalue weighted by Crippen LogP contribution is -2.28. The van der Waals surface area contributed by atoms with Crippen LogP contribution < -0.4 is 0 Å². The molecule has 0 spiro atoms. The van der Waals surface area contributed by atoms with Gasteiger partial charge in [-0.2, -0.15) is 18.3 Å². The molecule has 1 amide bonds. The van der Waals surface area contributed by atoms with Crippen LogP contribution in [0.2, 0.25) is 0 Å². The van der Waals surface area contributed by atoms with Crippen molar-refractivity contribution in [3.8, 4) is 16.9 Å². The molecule has 1 aliphatic heterocycles. The highest BCUT2D eigenvalue weighted by Gasteiger charge is 2.38.